The van der Waals surface area contributed by atoms with E-state index in [0.29, 0.717) is 0 Å². The van der Waals surface area contributed by atoms with Crippen molar-refractivity contribution in [3.63, 3.8) is 0 Å². The molecular formula is C20H18FNO2. The number of amides is 1. The van der Waals surface area contributed by atoms with Crippen LogP contribution < -0.4 is 10.1 Å². The predicted octanol–water partition coefficient (Wildman–Crippen LogP) is 4.24. The Morgan fingerprint density at radius 1 is 1.04 bits per heavy atom. The molecule has 24 heavy (non-hydrogen) atoms. The lowest BCUT2D eigenvalue weighted by molar-refractivity contribution is -0.123. The fourth-order valence-electron chi connectivity index (χ4n) is 2.55. The molecule has 3 nitrogen and oxygen atoms in total. The molecule has 4 heteroatoms. The van der Waals surface area contributed by atoms with Crippen molar-refractivity contribution in [3.8, 4) is 5.75 Å². The van der Waals surface area contributed by atoms with E-state index in [0.717, 1.165) is 16.3 Å². The number of fused-ring (bicyclic) bond motifs is 1. The first-order valence-corrected chi connectivity index (χ1v) is 7.79. The van der Waals surface area contributed by atoms with Crippen LogP contribution in [0.15, 0.2) is 66.7 Å². The van der Waals surface area contributed by atoms with E-state index in [-0.39, 0.29) is 24.3 Å². The maximum Gasteiger partial charge on any atom is 0.258 e. The SMILES string of the molecule is CC(NC(=O)COc1ccccc1F)c1ccc2ccccc2c1. The summed E-state index contributed by atoms with van der Waals surface area (Å²) in [6, 6.07) is 20.0. The second-order valence-electron chi connectivity index (χ2n) is 5.61. The largest absolute Gasteiger partial charge is 0.481 e. The van der Waals surface area contributed by atoms with Gasteiger partial charge in [0.25, 0.3) is 5.91 Å². The lowest BCUT2D eigenvalue weighted by atomic mass is 10.0. The second-order valence-corrected chi connectivity index (χ2v) is 5.61. The van der Waals surface area contributed by atoms with Crippen LogP contribution in [0.5, 0.6) is 5.75 Å². The first kappa shape index (κ1) is 16.0. The van der Waals surface area contributed by atoms with Crippen LogP contribution in [0.4, 0.5) is 4.39 Å². The van der Waals surface area contributed by atoms with Crippen molar-refractivity contribution in [2.24, 2.45) is 0 Å². The van der Waals surface area contributed by atoms with Crippen LogP contribution in [-0.4, -0.2) is 12.5 Å². The fraction of sp³-hybridized carbons (Fsp3) is 0.150. The molecule has 0 spiro atoms. The van der Waals surface area contributed by atoms with Gasteiger partial charge in [-0.15, -0.1) is 0 Å². The summed E-state index contributed by atoms with van der Waals surface area (Å²) in [7, 11) is 0. The van der Waals surface area contributed by atoms with Crippen molar-refractivity contribution in [1.82, 2.24) is 5.32 Å². The highest BCUT2D eigenvalue weighted by Gasteiger charge is 2.11. The zero-order valence-corrected chi connectivity index (χ0v) is 13.3. The second kappa shape index (κ2) is 7.13. The summed E-state index contributed by atoms with van der Waals surface area (Å²) in [6.45, 7) is 1.68. The molecule has 0 saturated heterocycles. The van der Waals surface area contributed by atoms with Crippen molar-refractivity contribution in [1.29, 1.82) is 0 Å². The van der Waals surface area contributed by atoms with Gasteiger partial charge in [0.1, 0.15) is 0 Å². The maximum absolute atomic E-state index is 13.5. The van der Waals surface area contributed by atoms with E-state index in [9.17, 15) is 9.18 Å². The minimum atomic E-state index is -0.479. The summed E-state index contributed by atoms with van der Waals surface area (Å²) >= 11 is 0. The molecule has 1 amide bonds. The molecule has 0 heterocycles. The van der Waals surface area contributed by atoms with Crippen molar-refractivity contribution < 1.29 is 13.9 Å². The average Bonchev–Trinajstić information content (AvgIpc) is 2.60. The van der Waals surface area contributed by atoms with E-state index in [1.54, 1.807) is 12.1 Å². The highest BCUT2D eigenvalue weighted by Crippen LogP contribution is 2.20. The van der Waals surface area contributed by atoms with Gasteiger partial charge in [-0.2, -0.15) is 0 Å². The number of carbonyl (C=O) groups excluding carboxylic acids is 1. The first-order valence-electron chi connectivity index (χ1n) is 7.79. The molecule has 1 atom stereocenters. The minimum Gasteiger partial charge on any atom is -0.481 e. The molecule has 0 bridgehead atoms. The maximum atomic E-state index is 13.5. The molecule has 3 aromatic rings. The van der Waals surface area contributed by atoms with Crippen molar-refractivity contribution in [3.05, 3.63) is 78.1 Å². The predicted molar refractivity (Wildman–Crippen MR) is 92.4 cm³/mol. The molecule has 1 unspecified atom stereocenters. The third-order valence-corrected chi connectivity index (χ3v) is 3.85. The van der Waals surface area contributed by atoms with E-state index in [1.807, 2.05) is 43.3 Å². The van der Waals surface area contributed by atoms with Crippen LogP contribution in [0, 0.1) is 5.82 Å². The Kier molecular flexibility index (Phi) is 4.75. The number of ether oxygens (including phenoxy) is 1. The van der Waals surface area contributed by atoms with Crippen molar-refractivity contribution in [2.45, 2.75) is 13.0 Å². The Bertz CT molecular complexity index is 863. The average molecular weight is 323 g/mol. The van der Waals surface area contributed by atoms with Crippen LogP contribution in [0.25, 0.3) is 10.8 Å². The zero-order valence-electron chi connectivity index (χ0n) is 13.3. The number of benzene rings is 3. The molecular weight excluding hydrogens is 305 g/mol. The number of carbonyl (C=O) groups is 1. The normalized spacial score (nSPS) is 11.9. The van der Waals surface area contributed by atoms with Gasteiger partial charge in [-0.05, 0) is 41.5 Å². The number of halogens is 1. The topological polar surface area (TPSA) is 38.3 Å². The summed E-state index contributed by atoms with van der Waals surface area (Å²) in [5.74, 6) is -0.696. The summed E-state index contributed by atoms with van der Waals surface area (Å²) in [4.78, 5) is 12.0. The Hall–Kier alpha value is -2.88. The van der Waals surface area contributed by atoms with Crippen LogP contribution in [0.1, 0.15) is 18.5 Å². The minimum absolute atomic E-state index is 0.0750. The highest BCUT2D eigenvalue weighted by atomic mass is 19.1. The van der Waals surface area contributed by atoms with Gasteiger partial charge in [0, 0.05) is 0 Å². The summed E-state index contributed by atoms with van der Waals surface area (Å²) in [5, 5.41) is 5.14. The van der Waals surface area contributed by atoms with Gasteiger partial charge >= 0.3 is 0 Å². The molecule has 3 aromatic carbocycles. The Balaban J connectivity index is 1.61. The molecule has 0 aliphatic rings. The molecule has 0 aliphatic carbocycles. The lowest BCUT2D eigenvalue weighted by Gasteiger charge is -2.15. The number of nitrogens with one attached hydrogen (secondary N) is 1. The summed E-state index contributed by atoms with van der Waals surface area (Å²) in [5.41, 5.74) is 1.01. The quantitative estimate of drug-likeness (QED) is 0.763. The molecule has 0 aromatic heterocycles. The molecule has 122 valence electrons. The lowest BCUT2D eigenvalue weighted by Crippen LogP contribution is -2.31. The van der Waals surface area contributed by atoms with Gasteiger partial charge in [-0.25, -0.2) is 4.39 Å². The van der Waals surface area contributed by atoms with Crippen molar-refractivity contribution in [2.75, 3.05) is 6.61 Å². The number of rotatable bonds is 5. The third kappa shape index (κ3) is 3.71. The van der Waals surface area contributed by atoms with Crippen LogP contribution in [0.3, 0.4) is 0 Å². The van der Waals surface area contributed by atoms with E-state index in [2.05, 4.69) is 11.4 Å². The van der Waals surface area contributed by atoms with E-state index < -0.39 is 5.82 Å². The van der Waals surface area contributed by atoms with Gasteiger partial charge in [-0.3, -0.25) is 4.79 Å². The summed E-state index contributed by atoms with van der Waals surface area (Å²) < 4.78 is 18.7. The van der Waals surface area contributed by atoms with Crippen LogP contribution >= 0.6 is 0 Å². The van der Waals surface area contributed by atoms with E-state index >= 15 is 0 Å². The standard InChI is InChI=1S/C20H18FNO2/c1-14(16-11-10-15-6-2-3-7-17(15)12-16)22-20(23)13-24-19-9-5-4-8-18(19)21/h2-12,14H,13H2,1H3,(H,22,23). The third-order valence-electron chi connectivity index (χ3n) is 3.85. The molecule has 1 N–H and O–H groups in total. The van der Waals surface area contributed by atoms with Crippen LogP contribution in [0.2, 0.25) is 0 Å². The number of hydrogen-bond donors (Lipinski definition) is 1. The Labute approximate surface area is 140 Å². The van der Waals surface area contributed by atoms with Gasteiger partial charge in [0.05, 0.1) is 6.04 Å². The Morgan fingerprint density at radius 2 is 1.75 bits per heavy atom. The molecule has 0 aliphatic heterocycles. The van der Waals surface area contributed by atoms with E-state index in [1.165, 1.54) is 12.1 Å². The smallest absolute Gasteiger partial charge is 0.258 e. The van der Waals surface area contributed by atoms with Gasteiger partial charge in [0.15, 0.2) is 18.2 Å². The molecule has 0 saturated carbocycles. The fourth-order valence-corrected chi connectivity index (χ4v) is 2.55. The highest BCUT2D eigenvalue weighted by molar-refractivity contribution is 5.83. The monoisotopic (exact) mass is 323 g/mol. The van der Waals surface area contributed by atoms with Crippen molar-refractivity contribution >= 4 is 16.7 Å². The molecule has 0 radical (unpaired) electrons. The zero-order chi connectivity index (χ0) is 16.9. The molecule has 0 fully saturated rings. The van der Waals surface area contributed by atoms with E-state index in [4.69, 9.17) is 4.74 Å². The van der Waals surface area contributed by atoms with Crippen LogP contribution in [-0.2, 0) is 4.79 Å². The summed E-state index contributed by atoms with van der Waals surface area (Å²) in [6.07, 6.45) is 0. The first-order chi connectivity index (χ1) is 11.6. The number of hydrogen-bond acceptors (Lipinski definition) is 2. The van der Waals surface area contributed by atoms with Gasteiger partial charge < -0.3 is 10.1 Å². The van der Waals surface area contributed by atoms with Gasteiger partial charge in [-0.1, -0.05) is 48.5 Å². The van der Waals surface area contributed by atoms with Gasteiger partial charge in [0.2, 0.25) is 0 Å². The Morgan fingerprint density at radius 3 is 2.54 bits per heavy atom. The molecule has 3 rings (SSSR count). The number of para-hydroxylation sites is 1.